The number of rotatable bonds is 2. The van der Waals surface area contributed by atoms with Crippen LogP contribution in [0.2, 0.25) is 0 Å². The molecule has 100 valence electrons. The first-order valence-corrected chi connectivity index (χ1v) is 4.67. The van der Waals surface area contributed by atoms with Crippen molar-refractivity contribution in [2.24, 2.45) is 0 Å². The molecule has 0 spiro atoms. The Balaban J connectivity index is 3.41. The van der Waals surface area contributed by atoms with Crippen molar-refractivity contribution in [1.82, 2.24) is 0 Å². The van der Waals surface area contributed by atoms with Crippen LogP contribution >= 0.6 is 0 Å². The molecule has 0 amide bonds. The summed E-state index contributed by atoms with van der Waals surface area (Å²) in [5.41, 5.74) is -4.46. The molecule has 1 aliphatic carbocycles. The molecule has 1 aliphatic rings. The van der Waals surface area contributed by atoms with E-state index in [4.69, 9.17) is 10.2 Å². The van der Waals surface area contributed by atoms with Gasteiger partial charge in [0.2, 0.25) is 5.79 Å². The first-order valence-electron chi connectivity index (χ1n) is 4.67. The van der Waals surface area contributed by atoms with Crippen molar-refractivity contribution in [2.45, 2.75) is 42.8 Å². The lowest BCUT2D eigenvalue weighted by Gasteiger charge is -2.45. The fraction of sp³-hybridized carbons (Fsp3) is 0.778. The standard InChI is InChI=1S/C9H10F6O2/c1-2-7(16,17)6(11)4-3-5(10)8(12,13)9(6,14)15/h3-5,16-17H,2H2,1H3. The summed E-state index contributed by atoms with van der Waals surface area (Å²) in [4.78, 5) is 0. The topological polar surface area (TPSA) is 40.5 Å². The monoisotopic (exact) mass is 264 g/mol. The number of aliphatic hydroxyl groups is 2. The van der Waals surface area contributed by atoms with Crippen molar-refractivity contribution in [3.05, 3.63) is 12.2 Å². The zero-order chi connectivity index (χ0) is 13.7. The lowest BCUT2D eigenvalue weighted by molar-refractivity contribution is -0.354. The quantitative estimate of drug-likeness (QED) is 0.455. The summed E-state index contributed by atoms with van der Waals surface area (Å²) in [7, 11) is 0. The van der Waals surface area contributed by atoms with E-state index in [9.17, 15) is 26.3 Å². The van der Waals surface area contributed by atoms with Gasteiger partial charge in [-0.05, 0) is 12.2 Å². The lowest BCUT2D eigenvalue weighted by atomic mass is 9.78. The van der Waals surface area contributed by atoms with Gasteiger partial charge in [-0.2, -0.15) is 17.6 Å². The molecule has 0 bridgehead atoms. The number of hydrogen-bond acceptors (Lipinski definition) is 2. The Morgan fingerprint density at radius 3 is 2.06 bits per heavy atom. The van der Waals surface area contributed by atoms with Gasteiger partial charge in [0.1, 0.15) is 0 Å². The molecule has 0 aromatic heterocycles. The van der Waals surface area contributed by atoms with E-state index in [0.29, 0.717) is 0 Å². The molecule has 1 rings (SSSR count). The number of allylic oxidation sites excluding steroid dienone is 1. The second kappa shape index (κ2) is 3.61. The normalized spacial score (nSPS) is 35.9. The molecule has 0 saturated carbocycles. The second-order valence-corrected chi connectivity index (χ2v) is 3.84. The van der Waals surface area contributed by atoms with Crippen molar-refractivity contribution >= 4 is 0 Å². The van der Waals surface area contributed by atoms with Crippen LogP contribution in [0.25, 0.3) is 0 Å². The molecule has 17 heavy (non-hydrogen) atoms. The Labute approximate surface area is 92.5 Å². The van der Waals surface area contributed by atoms with Gasteiger partial charge in [0.25, 0.3) is 5.67 Å². The van der Waals surface area contributed by atoms with E-state index in [1.165, 1.54) is 0 Å². The highest BCUT2D eigenvalue weighted by atomic mass is 19.3. The summed E-state index contributed by atoms with van der Waals surface area (Å²) in [5, 5.41) is 18.1. The van der Waals surface area contributed by atoms with Crippen molar-refractivity contribution in [3.63, 3.8) is 0 Å². The molecule has 0 radical (unpaired) electrons. The van der Waals surface area contributed by atoms with Crippen LogP contribution in [0.4, 0.5) is 26.3 Å². The molecule has 0 saturated heterocycles. The molecular formula is C9H10F6O2. The first-order chi connectivity index (χ1) is 7.44. The molecule has 2 N–H and O–H groups in total. The maximum atomic E-state index is 13.8. The second-order valence-electron chi connectivity index (χ2n) is 3.84. The van der Waals surface area contributed by atoms with Gasteiger partial charge in [0, 0.05) is 6.42 Å². The zero-order valence-corrected chi connectivity index (χ0v) is 8.60. The lowest BCUT2D eigenvalue weighted by Crippen LogP contribution is -2.70. The molecular weight excluding hydrogens is 254 g/mol. The Morgan fingerprint density at radius 1 is 1.18 bits per heavy atom. The molecule has 0 aromatic rings. The van der Waals surface area contributed by atoms with Crippen LogP contribution in [0.3, 0.4) is 0 Å². The van der Waals surface area contributed by atoms with E-state index in [1.807, 2.05) is 0 Å². The zero-order valence-electron chi connectivity index (χ0n) is 8.60. The smallest absolute Gasteiger partial charge is 0.355 e. The van der Waals surface area contributed by atoms with Gasteiger partial charge in [-0.3, -0.25) is 0 Å². The number of hydrogen-bond donors (Lipinski definition) is 2. The van der Waals surface area contributed by atoms with Crippen molar-refractivity contribution in [3.8, 4) is 0 Å². The van der Waals surface area contributed by atoms with Crippen LogP contribution in [-0.4, -0.2) is 39.7 Å². The Kier molecular flexibility index (Phi) is 3.04. The average Bonchev–Trinajstić information content (AvgIpc) is 2.22. The average molecular weight is 264 g/mol. The van der Waals surface area contributed by atoms with E-state index < -0.39 is 35.9 Å². The highest BCUT2D eigenvalue weighted by molar-refractivity contribution is 5.27. The van der Waals surface area contributed by atoms with E-state index in [0.717, 1.165) is 6.92 Å². The van der Waals surface area contributed by atoms with Gasteiger partial charge in [-0.1, -0.05) is 6.92 Å². The van der Waals surface area contributed by atoms with Crippen LogP contribution in [0.1, 0.15) is 13.3 Å². The van der Waals surface area contributed by atoms with Crippen LogP contribution in [0, 0.1) is 0 Å². The third-order valence-corrected chi connectivity index (χ3v) is 2.79. The van der Waals surface area contributed by atoms with Crippen LogP contribution in [0.15, 0.2) is 12.2 Å². The molecule has 0 heterocycles. The van der Waals surface area contributed by atoms with Crippen molar-refractivity contribution in [1.29, 1.82) is 0 Å². The molecule has 0 aromatic carbocycles. The number of halogens is 6. The largest absolute Gasteiger partial charge is 0.363 e. The third kappa shape index (κ3) is 1.57. The Hall–Kier alpha value is -0.760. The van der Waals surface area contributed by atoms with Crippen LogP contribution in [0.5, 0.6) is 0 Å². The van der Waals surface area contributed by atoms with E-state index >= 15 is 0 Å². The maximum Gasteiger partial charge on any atom is 0.355 e. The Morgan fingerprint density at radius 2 is 1.65 bits per heavy atom. The van der Waals surface area contributed by atoms with Gasteiger partial charge in [0.05, 0.1) is 0 Å². The van der Waals surface area contributed by atoms with E-state index in [-0.39, 0.29) is 12.2 Å². The SMILES string of the molecule is CCC(O)(O)C1(F)C=CC(F)C(F)(F)C1(F)F. The minimum Gasteiger partial charge on any atom is -0.363 e. The highest BCUT2D eigenvalue weighted by Gasteiger charge is 2.79. The van der Waals surface area contributed by atoms with Crippen LogP contribution < -0.4 is 0 Å². The van der Waals surface area contributed by atoms with Gasteiger partial charge in [0.15, 0.2) is 6.17 Å². The van der Waals surface area contributed by atoms with Gasteiger partial charge in [-0.25, -0.2) is 8.78 Å². The van der Waals surface area contributed by atoms with E-state index in [1.54, 1.807) is 0 Å². The van der Waals surface area contributed by atoms with Gasteiger partial charge < -0.3 is 10.2 Å². The summed E-state index contributed by atoms with van der Waals surface area (Å²) in [6, 6.07) is 0. The highest BCUT2D eigenvalue weighted by Crippen LogP contribution is 2.55. The minimum atomic E-state index is -5.58. The van der Waals surface area contributed by atoms with Crippen LogP contribution in [-0.2, 0) is 0 Å². The van der Waals surface area contributed by atoms with Crippen molar-refractivity contribution < 1.29 is 36.6 Å². The predicted octanol–water partition coefficient (Wildman–Crippen LogP) is 1.96. The minimum absolute atomic E-state index is 0.145. The summed E-state index contributed by atoms with van der Waals surface area (Å²) in [6.07, 6.45) is -4.78. The fourth-order valence-electron chi connectivity index (χ4n) is 1.50. The fourth-order valence-corrected chi connectivity index (χ4v) is 1.50. The molecule has 8 heteroatoms. The molecule has 2 atom stereocenters. The maximum absolute atomic E-state index is 13.8. The van der Waals surface area contributed by atoms with Gasteiger partial charge >= 0.3 is 11.8 Å². The van der Waals surface area contributed by atoms with E-state index in [2.05, 4.69) is 0 Å². The van der Waals surface area contributed by atoms with Gasteiger partial charge in [-0.15, -0.1) is 0 Å². The molecule has 0 fully saturated rings. The number of alkyl halides is 6. The summed E-state index contributed by atoms with van der Waals surface area (Å²) < 4.78 is 78.7. The summed E-state index contributed by atoms with van der Waals surface area (Å²) in [6.45, 7) is 0.908. The Bertz CT molecular complexity index is 340. The summed E-state index contributed by atoms with van der Waals surface area (Å²) in [5.74, 6) is -14.7. The molecule has 2 nitrogen and oxygen atoms in total. The molecule has 0 aliphatic heterocycles. The first kappa shape index (κ1) is 14.3. The third-order valence-electron chi connectivity index (χ3n) is 2.79. The molecule has 2 unspecified atom stereocenters. The predicted molar refractivity (Wildman–Crippen MR) is 45.2 cm³/mol. The van der Waals surface area contributed by atoms with Crippen molar-refractivity contribution in [2.75, 3.05) is 0 Å². The summed E-state index contributed by atoms with van der Waals surface area (Å²) >= 11 is 0.